The van der Waals surface area contributed by atoms with Gasteiger partial charge in [0.15, 0.2) is 0 Å². The maximum absolute atomic E-state index is 2.46. The Morgan fingerprint density at radius 2 is 2.07 bits per heavy atom. The third kappa shape index (κ3) is 4.83. The first-order chi connectivity index (χ1) is 6.83. The van der Waals surface area contributed by atoms with Crippen LogP contribution in [0.4, 0.5) is 0 Å². The predicted molar refractivity (Wildman–Crippen MR) is 64.5 cm³/mol. The molecule has 0 amide bonds. The minimum absolute atomic E-state index is 1.04. The van der Waals surface area contributed by atoms with Crippen molar-refractivity contribution in [2.24, 2.45) is 5.92 Å². The molecule has 82 valence electrons. The van der Waals surface area contributed by atoms with Crippen molar-refractivity contribution in [1.82, 2.24) is 0 Å². The van der Waals surface area contributed by atoms with E-state index < -0.39 is 0 Å². The van der Waals surface area contributed by atoms with Gasteiger partial charge in [0.05, 0.1) is 0 Å². The quantitative estimate of drug-likeness (QED) is 0.549. The lowest BCUT2D eigenvalue weighted by Crippen LogP contribution is -2.00. The summed E-state index contributed by atoms with van der Waals surface area (Å²) in [4.78, 5) is 0. The fourth-order valence-corrected chi connectivity index (χ4v) is 2.45. The molecule has 0 heterocycles. The summed E-state index contributed by atoms with van der Waals surface area (Å²) in [5, 5.41) is 0. The second-order valence-electron chi connectivity index (χ2n) is 4.88. The molecular weight excluding hydrogens is 168 g/mol. The van der Waals surface area contributed by atoms with Crippen molar-refractivity contribution in [2.45, 2.75) is 71.6 Å². The van der Waals surface area contributed by atoms with E-state index in [0.29, 0.717) is 0 Å². The van der Waals surface area contributed by atoms with Crippen molar-refractivity contribution in [3.8, 4) is 0 Å². The highest BCUT2D eigenvalue weighted by Crippen LogP contribution is 2.25. The van der Waals surface area contributed by atoms with Crippen LogP contribution in [0.25, 0.3) is 0 Å². The van der Waals surface area contributed by atoms with Crippen LogP contribution in [0, 0.1) is 5.92 Å². The highest BCUT2D eigenvalue weighted by molar-refractivity contribution is 4.98. The van der Waals surface area contributed by atoms with Gasteiger partial charge in [0.1, 0.15) is 0 Å². The Morgan fingerprint density at radius 1 is 1.29 bits per heavy atom. The fourth-order valence-electron chi connectivity index (χ4n) is 2.45. The van der Waals surface area contributed by atoms with Gasteiger partial charge in [0, 0.05) is 0 Å². The Bertz CT molecular complexity index is 167. The van der Waals surface area contributed by atoms with Crippen LogP contribution >= 0.6 is 0 Å². The first-order valence-electron chi connectivity index (χ1n) is 6.48. The van der Waals surface area contributed by atoms with E-state index in [2.05, 4.69) is 19.9 Å². The number of allylic oxidation sites excluding steroid dienone is 2. The lowest BCUT2D eigenvalue weighted by molar-refractivity contribution is 0.390. The van der Waals surface area contributed by atoms with Crippen LogP contribution in [0.3, 0.4) is 0 Å². The molecule has 1 atom stereocenters. The average molecular weight is 194 g/mol. The van der Waals surface area contributed by atoms with Gasteiger partial charge >= 0.3 is 0 Å². The van der Waals surface area contributed by atoms with Crippen LogP contribution in [0.2, 0.25) is 0 Å². The third-order valence-corrected chi connectivity index (χ3v) is 3.46. The Hall–Kier alpha value is -0.260. The Labute approximate surface area is 89.8 Å². The molecule has 0 N–H and O–H groups in total. The molecule has 0 aromatic carbocycles. The molecule has 0 saturated heterocycles. The summed E-state index contributed by atoms with van der Waals surface area (Å²) in [6, 6.07) is 0. The standard InChI is InChI=1S/C14H26/c1-3-4-10-14-11-6-5-8-13(2)9-7-12-14/h8,14H,3-7,9-12H2,1-2H3. The molecular formula is C14H26. The predicted octanol–water partition coefficient (Wildman–Crippen LogP) is 5.09. The Balaban J connectivity index is 2.27. The summed E-state index contributed by atoms with van der Waals surface area (Å²) in [5.41, 5.74) is 1.63. The molecule has 1 rings (SSSR count). The van der Waals surface area contributed by atoms with Gasteiger partial charge in [0.25, 0.3) is 0 Å². The first kappa shape index (κ1) is 11.8. The third-order valence-electron chi connectivity index (χ3n) is 3.46. The molecule has 0 aromatic heterocycles. The minimum atomic E-state index is 1.04. The molecule has 0 nitrogen and oxygen atoms in total. The zero-order valence-electron chi connectivity index (χ0n) is 10.0. The SMILES string of the molecule is CCCCC1CCCC=C(C)CCC1. The summed E-state index contributed by atoms with van der Waals surface area (Å²) in [6.07, 6.45) is 15.2. The summed E-state index contributed by atoms with van der Waals surface area (Å²) in [7, 11) is 0. The molecule has 0 spiro atoms. The molecule has 1 unspecified atom stereocenters. The van der Waals surface area contributed by atoms with Gasteiger partial charge in [-0.1, -0.05) is 50.7 Å². The van der Waals surface area contributed by atoms with Crippen LogP contribution < -0.4 is 0 Å². The normalized spacial score (nSPS) is 24.7. The lowest BCUT2D eigenvalue weighted by Gasteiger charge is -2.14. The van der Waals surface area contributed by atoms with E-state index in [4.69, 9.17) is 0 Å². The van der Waals surface area contributed by atoms with Gasteiger partial charge in [-0.15, -0.1) is 0 Å². The molecule has 0 fully saturated rings. The van der Waals surface area contributed by atoms with Crippen LogP contribution in [-0.2, 0) is 0 Å². The molecule has 1 aliphatic carbocycles. The summed E-state index contributed by atoms with van der Waals surface area (Å²) < 4.78 is 0. The largest absolute Gasteiger partial charge is 0.0856 e. The van der Waals surface area contributed by atoms with Crippen LogP contribution in [0.5, 0.6) is 0 Å². The van der Waals surface area contributed by atoms with E-state index in [1.165, 1.54) is 57.8 Å². The van der Waals surface area contributed by atoms with E-state index in [0.717, 1.165) is 5.92 Å². The lowest BCUT2D eigenvalue weighted by atomic mass is 9.91. The Kier molecular flexibility index (Phi) is 5.98. The van der Waals surface area contributed by atoms with E-state index in [9.17, 15) is 0 Å². The zero-order chi connectivity index (χ0) is 10.2. The van der Waals surface area contributed by atoms with Crippen LogP contribution in [0.15, 0.2) is 11.6 Å². The second-order valence-corrected chi connectivity index (χ2v) is 4.88. The van der Waals surface area contributed by atoms with Crippen molar-refractivity contribution in [2.75, 3.05) is 0 Å². The molecule has 14 heavy (non-hydrogen) atoms. The van der Waals surface area contributed by atoms with Crippen molar-refractivity contribution >= 4 is 0 Å². The van der Waals surface area contributed by atoms with Gasteiger partial charge in [-0.25, -0.2) is 0 Å². The maximum atomic E-state index is 2.46. The van der Waals surface area contributed by atoms with E-state index in [-0.39, 0.29) is 0 Å². The Morgan fingerprint density at radius 3 is 2.86 bits per heavy atom. The van der Waals surface area contributed by atoms with E-state index in [1.54, 1.807) is 5.57 Å². The average Bonchev–Trinajstić information content (AvgIpc) is 2.28. The van der Waals surface area contributed by atoms with Crippen molar-refractivity contribution in [3.05, 3.63) is 11.6 Å². The number of unbranched alkanes of at least 4 members (excludes halogenated alkanes) is 1. The topological polar surface area (TPSA) is 0 Å². The van der Waals surface area contributed by atoms with Crippen molar-refractivity contribution in [3.63, 3.8) is 0 Å². The summed E-state index contributed by atoms with van der Waals surface area (Å²) >= 11 is 0. The fraction of sp³-hybridized carbons (Fsp3) is 0.857. The van der Waals surface area contributed by atoms with E-state index >= 15 is 0 Å². The van der Waals surface area contributed by atoms with Gasteiger partial charge in [-0.05, 0) is 38.5 Å². The van der Waals surface area contributed by atoms with Gasteiger partial charge in [-0.2, -0.15) is 0 Å². The van der Waals surface area contributed by atoms with Gasteiger partial charge in [0.2, 0.25) is 0 Å². The smallest absolute Gasteiger partial charge is 0.0323 e. The highest BCUT2D eigenvalue weighted by atomic mass is 14.1. The van der Waals surface area contributed by atoms with E-state index in [1.807, 2.05) is 0 Å². The van der Waals surface area contributed by atoms with Gasteiger partial charge < -0.3 is 0 Å². The molecule has 0 saturated carbocycles. The molecule has 0 aromatic rings. The number of hydrogen-bond acceptors (Lipinski definition) is 0. The first-order valence-corrected chi connectivity index (χ1v) is 6.48. The molecule has 0 heteroatoms. The molecule has 0 bridgehead atoms. The highest BCUT2D eigenvalue weighted by Gasteiger charge is 2.09. The van der Waals surface area contributed by atoms with Gasteiger partial charge in [-0.3, -0.25) is 0 Å². The maximum Gasteiger partial charge on any atom is -0.0323 e. The minimum Gasteiger partial charge on any atom is -0.0856 e. The molecule has 0 aliphatic heterocycles. The zero-order valence-corrected chi connectivity index (χ0v) is 10.0. The molecule has 0 radical (unpaired) electrons. The number of hydrogen-bond donors (Lipinski definition) is 0. The number of rotatable bonds is 3. The van der Waals surface area contributed by atoms with Crippen LogP contribution in [0.1, 0.15) is 71.6 Å². The summed E-state index contributed by atoms with van der Waals surface area (Å²) in [5.74, 6) is 1.04. The van der Waals surface area contributed by atoms with Crippen molar-refractivity contribution < 1.29 is 0 Å². The second kappa shape index (κ2) is 7.09. The van der Waals surface area contributed by atoms with Crippen molar-refractivity contribution in [1.29, 1.82) is 0 Å². The molecule has 1 aliphatic rings. The van der Waals surface area contributed by atoms with Crippen LogP contribution in [-0.4, -0.2) is 0 Å². The monoisotopic (exact) mass is 194 g/mol. The summed E-state index contributed by atoms with van der Waals surface area (Å²) in [6.45, 7) is 4.60.